The molecule has 0 aliphatic carbocycles. The Kier molecular flexibility index (Phi) is 6.72. The molecule has 1 aromatic heterocycles. The summed E-state index contributed by atoms with van der Waals surface area (Å²) in [5.41, 5.74) is 0. The fraction of sp³-hybridized carbons (Fsp3) is 0.357. The van der Waals surface area contributed by atoms with E-state index in [1.807, 2.05) is 6.26 Å². The van der Waals surface area contributed by atoms with E-state index in [2.05, 4.69) is 15.5 Å². The van der Waals surface area contributed by atoms with Crippen LogP contribution >= 0.6 is 23.1 Å². The fourth-order valence-corrected chi connectivity index (χ4v) is 4.30. The first-order valence-electron chi connectivity index (χ1n) is 7.12. The number of hydrogen-bond donors (Lipinski definition) is 1. The Hall–Kier alpha value is -1.49. The van der Waals surface area contributed by atoms with Crippen LogP contribution in [0.3, 0.4) is 0 Å². The number of aromatic nitrogens is 2. The highest BCUT2D eigenvalue weighted by Gasteiger charge is 2.20. The van der Waals surface area contributed by atoms with Crippen LogP contribution in [0.15, 0.2) is 39.6 Å². The summed E-state index contributed by atoms with van der Waals surface area (Å²) in [7, 11) is -2.01. The third kappa shape index (κ3) is 5.00. The van der Waals surface area contributed by atoms with Crippen molar-refractivity contribution in [3.8, 4) is 0 Å². The Morgan fingerprint density at radius 2 is 2.00 bits per heavy atom. The van der Waals surface area contributed by atoms with Gasteiger partial charge in [0.15, 0.2) is 4.34 Å². The van der Waals surface area contributed by atoms with Crippen LogP contribution in [-0.4, -0.2) is 48.7 Å². The van der Waals surface area contributed by atoms with Crippen molar-refractivity contribution in [1.82, 2.24) is 14.5 Å². The van der Waals surface area contributed by atoms with E-state index in [1.165, 1.54) is 34.5 Å². The highest BCUT2D eigenvalue weighted by molar-refractivity contribution is 8.00. The second-order valence-corrected chi connectivity index (χ2v) is 8.94. The smallest absolute Gasteiger partial charge is 0.242 e. The number of amides is 1. The predicted molar refractivity (Wildman–Crippen MR) is 95.8 cm³/mol. The SMILES string of the molecule is CSc1nnc(NC(=O)CCCN(C)S(=O)(=O)c2ccccc2)s1. The molecule has 0 bridgehead atoms. The summed E-state index contributed by atoms with van der Waals surface area (Å²) < 4.78 is 26.7. The normalized spacial score (nSPS) is 11.6. The molecule has 1 aromatic carbocycles. The van der Waals surface area contributed by atoms with Crippen molar-refractivity contribution < 1.29 is 13.2 Å². The molecule has 0 unspecified atom stereocenters. The summed E-state index contributed by atoms with van der Waals surface area (Å²) in [6.45, 7) is 0.261. The molecule has 0 fully saturated rings. The first kappa shape index (κ1) is 18.8. The first-order valence-corrected chi connectivity index (χ1v) is 10.6. The fourth-order valence-electron chi connectivity index (χ4n) is 1.88. The van der Waals surface area contributed by atoms with E-state index in [9.17, 15) is 13.2 Å². The van der Waals surface area contributed by atoms with Crippen LogP contribution in [0.5, 0.6) is 0 Å². The van der Waals surface area contributed by atoms with Gasteiger partial charge < -0.3 is 5.32 Å². The summed E-state index contributed by atoms with van der Waals surface area (Å²) in [5, 5.41) is 10.9. The number of carbonyl (C=O) groups is 1. The maximum Gasteiger partial charge on any atom is 0.242 e. The number of benzene rings is 1. The van der Waals surface area contributed by atoms with E-state index >= 15 is 0 Å². The molecule has 0 saturated heterocycles. The summed E-state index contributed by atoms with van der Waals surface area (Å²) in [6, 6.07) is 8.23. The number of nitrogens with zero attached hydrogens (tertiary/aromatic N) is 3. The summed E-state index contributed by atoms with van der Waals surface area (Å²) in [4.78, 5) is 12.1. The van der Waals surface area contributed by atoms with Gasteiger partial charge in [-0.2, -0.15) is 0 Å². The van der Waals surface area contributed by atoms with E-state index in [4.69, 9.17) is 0 Å². The van der Waals surface area contributed by atoms with Crippen LogP contribution in [0, 0.1) is 0 Å². The number of hydrogen-bond acceptors (Lipinski definition) is 7. The number of nitrogens with one attached hydrogen (secondary N) is 1. The molecule has 1 N–H and O–H groups in total. The number of anilines is 1. The minimum absolute atomic E-state index is 0.204. The lowest BCUT2D eigenvalue weighted by molar-refractivity contribution is -0.116. The lowest BCUT2D eigenvalue weighted by Gasteiger charge is -2.16. The van der Waals surface area contributed by atoms with Crippen LogP contribution in [-0.2, 0) is 14.8 Å². The Balaban J connectivity index is 1.81. The molecule has 0 aliphatic rings. The molecule has 1 amide bonds. The largest absolute Gasteiger partial charge is 0.301 e. The van der Waals surface area contributed by atoms with Gasteiger partial charge in [-0.3, -0.25) is 4.79 Å². The molecular weight excluding hydrogens is 368 g/mol. The van der Waals surface area contributed by atoms with Crippen molar-refractivity contribution in [3.63, 3.8) is 0 Å². The average Bonchev–Trinajstić information content (AvgIpc) is 3.03. The van der Waals surface area contributed by atoms with E-state index in [-0.39, 0.29) is 23.8 Å². The first-order chi connectivity index (χ1) is 11.4. The highest BCUT2D eigenvalue weighted by Crippen LogP contribution is 2.23. The van der Waals surface area contributed by atoms with Crippen molar-refractivity contribution in [2.75, 3.05) is 25.2 Å². The number of thioether (sulfide) groups is 1. The monoisotopic (exact) mass is 386 g/mol. The van der Waals surface area contributed by atoms with E-state index in [1.54, 1.807) is 30.3 Å². The quantitative estimate of drug-likeness (QED) is 0.553. The molecule has 10 heteroatoms. The second kappa shape index (κ2) is 8.56. The minimum atomic E-state index is -3.52. The lowest BCUT2D eigenvalue weighted by Crippen LogP contribution is -2.28. The molecule has 0 radical (unpaired) electrons. The zero-order chi connectivity index (χ0) is 17.6. The van der Waals surface area contributed by atoms with Gasteiger partial charge in [0.2, 0.25) is 21.1 Å². The van der Waals surface area contributed by atoms with E-state index in [0.29, 0.717) is 11.6 Å². The van der Waals surface area contributed by atoms with Crippen LogP contribution in [0.4, 0.5) is 5.13 Å². The molecule has 2 aromatic rings. The maximum absolute atomic E-state index is 12.3. The van der Waals surface area contributed by atoms with Gasteiger partial charge in [0.05, 0.1) is 4.90 Å². The molecule has 0 atom stereocenters. The van der Waals surface area contributed by atoms with Crippen LogP contribution in [0.1, 0.15) is 12.8 Å². The van der Waals surface area contributed by atoms with Gasteiger partial charge in [-0.1, -0.05) is 41.3 Å². The summed E-state index contributed by atoms with van der Waals surface area (Å²) in [6.07, 6.45) is 2.51. The number of carbonyl (C=O) groups excluding carboxylic acids is 1. The molecule has 2 rings (SSSR count). The van der Waals surface area contributed by atoms with Gasteiger partial charge in [-0.15, -0.1) is 10.2 Å². The van der Waals surface area contributed by atoms with Gasteiger partial charge in [-0.05, 0) is 24.8 Å². The predicted octanol–water partition coefficient (Wildman–Crippen LogP) is 2.30. The number of rotatable bonds is 8. The molecular formula is C14H18N4O3S3. The highest BCUT2D eigenvalue weighted by atomic mass is 32.2. The van der Waals surface area contributed by atoms with E-state index < -0.39 is 10.0 Å². The lowest BCUT2D eigenvalue weighted by atomic mass is 10.3. The zero-order valence-corrected chi connectivity index (χ0v) is 15.7. The van der Waals surface area contributed by atoms with Crippen molar-refractivity contribution in [1.29, 1.82) is 0 Å². The Labute approximate surface area is 149 Å². The van der Waals surface area contributed by atoms with Crippen molar-refractivity contribution in [3.05, 3.63) is 30.3 Å². The third-order valence-electron chi connectivity index (χ3n) is 3.16. The molecule has 24 heavy (non-hydrogen) atoms. The van der Waals surface area contributed by atoms with Crippen molar-refractivity contribution >= 4 is 44.2 Å². The summed E-state index contributed by atoms with van der Waals surface area (Å²) in [5.74, 6) is -0.204. The third-order valence-corrected chi connectivity index (χ3v) is 6.84. The average molecular weight is 387 g/mol. The molecule has 130 valence electrons. The van der Waals surface area contributed by atoms with Gasteiger partial charge in [-0.25, -0.2) is 12.7 Å². The zero-order valence-electron chi connectivity index (χ0n) is 13.3. The van der Waals surface area contributed by atoms with Crippen LogP contribution < -0.4 is 5.32 Å². The van der Waals surface area contributed by atoms with Crippen LogP contribution in [0.2, 0.25) is 0 Å². The van der Waals surface area contributed by atoms with Gasteiger partial charge in [0, 0.05) is 20.0 Å². The molecule has 7 nitrogen and oxygen atoms in total. The maximum atomic E-state index is 12.3. The van der Waals surface area contributed by atoms with Gasteiger partial charge in [0.25, 0.3) is 0 Å². The van der Waals surface area contributed by atoms with Gasteiger partial charge >= 0.3 is 0 Å². The molecule has 0 saturated carbocycles. The number of sulfonamides is 1. The molecule has 0 spiro atoms. The summed E-state index contributed by atoms with van der Waals surface area (Å²) >= 11 is 2.76. The minimum Gasteiger partial charge on any atom is -0.301 e. The van der Waals surface area contributed by atoms with Crippen molar-refractivity contribution in [2.24, 2.45) is 0 Å². The van der Waals surface area contributed by atoms with Crippen LogP contribution in [0.25, 0.3) is 0 Å². The van der Waals surface area contributed by atoms with E-state index in [0.717, 1.165) is 4.34 Å². The van der Waals surface area contributed by atoms with Crippen molar-refractivity contribution in [2.45, 2.75) is 22.1 Å². The molecule has 1 heterocycles. The Morgan fingerprint density at radius 1 is 1.29 bits per heavy atom. The standard InChI is InChI=1S/C14H18N4O3S3/c1-18(24(20,21)11-7-4-3-5-8-11)10-6-9-12(19)15-13-16-17-14(22-2)23-13/h3-5,7-8H,6,9-10H2,1-2H3,(H,15,16,19). The second-order valence-electron chi connectivity index (χ2n) is 4.87. The van der Waals surface area contributed by atoms with Gasteiger partial charge in [0.1, 0.15) is 0 Å². The Bertz CT molecular complexity index is 778. The topological polar surface area (TPSA) is 92.3 Å². The Morgan fingerprint density at radius 3 is 2.62 bits per heavy atom. The molecule has 0 aliphatic heterocycles.